The lowest BCUT2D eigenvalue weighted by atomic mass is 9.96. The maximum Gasteiger partial charge on any atom is 0.245 e. The smallest absolute Gasteiger partial charge is 0.245 e. The van der Waals surface area contributed by atoms with E-state index in [0.29, 0.717) is 23.3 Å². The van der Waals surface area contributed by atoms with Crippen molar-refractivity contribution in [1.29, 1.82) is 0 Å². The van der Waals surface area contributed by atoms with Crippen LogP contribution in [0.1, 0.15) is 29.3 Å². The third-order valence-corrected chi connectivity index (χ3v) is 7.49. The highest BCUT2D eigenvalue weighted by atomic mass is 35.5. The molecule has 0 aliphatic carbocycles. The predicted octanol–water partition coefficient (Wildman–Crippen LogP) is 3.13. The van der Waals surface area contributed by atoms with Crippen LogP contribution >= 0.6 is 22.9 Å². The first-order valence-electron chi connectivity index (χ1n) is 9.43. The molecule has 1 amide bonds. The van der Waals surface area contributed by atoms with Crippen LogP contribution in [0.15, 0.2) is 35.7 Å². The van der Waals surface area contributed by atoms with E-state index < -0.39 is 16.1 Å². The van der Waals surface area contributed by atoms with Crippen molar-refractivity contribution in [3.63, 3.8) is 0 Å². The summed E-state index contributed by atoms with van der Waals surface area (Å²) in [5.74, 6) is -0.219. The first-order chi connectivity index (χ1) is 13.8. The second-order valence-electron chi connectivity index (χ2n) is 7.38. The number of thiophene rings is 1. The van der Waals surface area contributed by atoms with E-state index >= 15 is 0 Å². The molecule has 1 aromatic heterocycles. The fraction of sp³-hybridized carbons (Fsp3) is 0.350. The highest BCUT2D eigenvalue weighted by Gasteiger charge is 2.35. The molecule has 2 aliphatic rings. The molecule has 1 aromatic carbocycles. The first-order valence-corrected chi connectivity index (χ1v) is 12.2. The molecule has 0 saturated carbocycles. The number of sulfonamides is 1. The second kappa shape index (κ2) is 8.20. The Balaban J connectivity index is 1.45. The molecular formula is C20H22ClN3O3S2. The average Bonchev–Trinajstić information content (AvgIpc) is 3.25. The second-order valence-corrected chi connectivity index (χ2v) is 10.7. The van der Waals surface area contributed by atoms with E-state index in [2.05, 4.69) is 23.0 Å². The van der Waals surface area contributed by atoms with Crippen LogP contribution in [0.2, 0.25) is 4.34 Å². The molecule has 2 atom stereocenters. The standard InChI is InChI=1S/C20H22ClN3O3S2/c1-13-10-15-11-16(3-2-14(15)12-22-13)24-8-6-18(20(24)25)23-29(26,27)9-7-17-4-5-19(21)28-17/h2-5,7,9,11,13,18,22-23H,6,8,10,12H2,1H3/t13-,18+/m1/s1. The fourth-order valence-corrected chi connectivity index (χ4v) is 5.76. The fourth-order valence-electron chi connectivity index (χ4n) is 3.69. The first kappa shape index (κ1) is 20.6. The third-order valence-electron chi connectivity index (χ3n) is 5.19. The summed E-state index contributed by atoms with van der Waals surface area (Å²) in [5.41, 5.74) is 3.31. The quantitative estimate of drug-likeness (QED) is 0.732. The highest BCUT2D eigenvalue weighted by molar-refractivity contribution is 7.92. The Hall–Kier alpha value is -1.71. The molecule has 0 radical (unpaired) electrons. The number of nitrogens with one attached hydrogen (secondary N) is 2. The van der Waals surface area contributed by atoms with Crippen LogP contribution in [0.5, 0.6) is 0 Å². The maximum atomic E-state index is 12.8. The monoisotopic (exact) mass is 451 g/mol. The Kier molecular flexibility index (Phi) is 5.81. The van der Waals surface area contributed by atoms with Gasteiger partial charge in [0, 0.05) is 35.1 Å². The molecule has 9 heteroatoms. The van der Waals surface area contributed by atoms with Gasteiger partial charge in [-0.15, -0.1) is 11.3 Å². The van der Waals surface area contributed by atoms with Crippen molar-refractivity contribution >= 4 is 50.6 Å². The molecule has 6 nitrogen and oxygen atoms in total. The Morgan fingerprint density at radius 1 is 1.28 bits per heavy atom. The van der Waals surface area contributed by atoms with E-state index in [0.717, 1.165) is 28.9 Å². The van der Waals surface area contributed by atoms with Crippen LogP contribution in [-0.2, 0) is 27.8 Å². The van der Waals surface area contributed by atoms with Gasteiger partial charge in [-0.25, -0.2) is 8.42 Å². The summed E-state index contributed by atoms with van der Waals surface area (Å²) in [6.07, 6.45) is 2.83. The van der Waals surface area contributed by atoms with Crippen molar-refractivity contribution in [1.82, 2.24) is 10.0 Å². The lowest BCUT2D eigenvalue weighted by Crippen LogP contribution is -2.40. The summed E-state index contributed by atoms with van der Waals surface area (Å²) in [5, 5.41) is 4.51. The van der Waals surface area contributed by atoms with Gasteiger partial charge in [-0.3, -0.25) is 4.79 Å². The molecule has 29 heavy (non-hydrogen) atoms. The molecule has 2 aliphatic heterocycles. The van der Waals surface area contributed by atoms with E-state index in [1.54, 1.807) is 17.0 Å². The molecule has 0 unspecified atom stereocenters. The van der Waals surface area contributed by atoms with Crippen LogP contribution in [-0.4, -0.2) is 33.0 Å². The predicted molar refractivity (Wildman–Crippen MR) is 118 cm³/mol. The number of nitrogens with zero attached hydrogens (tertiary/aromatic N) is 1. The Morgan fingerprint density at radius 3 is 2.86 bits per heavy atom. The van der Waals surface area contributed by atoms with Crippen molar-refractivity contribution in [3.05, 3.63) is 56.1 Å². The number of hydrogen-bond donors (Lipinski definition) is 2. The van der Waals surface area contributed by atoms with Crippen molar-refractivity contribution in [2.24, 2.45) is 0 Å². The van der Waals surface area contributed by atoms with E-state index in [1.807, 2.05) is 12.1 Å². The van der Waals surface area contributed by atoms with E-state index in [-0.39, 0.29) is 5.91 Å². The molecule has 1 saturated heterocycles. The van der Waals surface area contributed by atoms with E-state index in [4.69, 9.17) is 11.6 Å². The maximum absolute atomic E-state index is 12.8. The van der Waals surface area contributed by atoms with Gasteiger partial charge in [-0.2, -0.15) is 4.72 Å². The minimum Gasteiger partial charge on any atom is -0.311 e. The van der Waals surface area contributed by atoms with E-state index in [1.165, 1.54) is 28.5 Å². The molecular weight excluding hydrogens is 430 g/mol. The number of amides is 1. The number of fused-ring (bicyclic) bond motifs is 1. The third kappa shape index (κ3) is 4.73. The number of anilines is 1. The van der Waals surface area contributed by atoms with Gasteiger partial charge in [0.2, 0.25) is 15.9 Å². The summed E-state index contributed by atoms with van der Waals surface area (Å²) in [7, 11) is -3.74. The van der Waals surface area contributed by atoms with Gasteiger partial charge < -0.3 is 10.2 Å². The Morgan fingerprint density at radius 2 is 2.10 bits per heavy atom. The van der Waals surface area contributed by atoms with Crippen LogP contribution in [0.3, 0.4) is 0 Å². The summed E-state index contributed by atoms with van der Waals surface area (Å²) in [6, 6.07) is 9.13. The van der Waals surface area contributed by atoms with E-state index in [9.17, 15) is 13.2 Å². The van der Waals surface area contributed by atoms with Gasteiger partial charge in [0.1, 0.15) is 6.04 Å². The largest absolute Gasteiger partial charge is 0.311 e. The van der Waals surface area contributed by atoms with Crippen LogP contribution in [0, 0.1) is 0 Å². The molecule has 154 valence electrons. The lowest BCUT2D eigenvalue weighted by molar-refractivity contribution is -0.118. The summed E-state index contributed by atoms with van der Waals surface area (Å²) >= 11 is 7.15. The van der Waals surface area contributed by atoms with Gasteiger partial charge in [-0.1, -0.05) is 17.7 Å². The Labute approximate surface area is 179 Å². The molecule has 0 bridgehead atoms. The number of carbonyl (C=O) groups is 1. The van der Waals surface area contributed by atoms with Crippen LogP contribution in [0.25, 0.3) is 6.08 Å². The van der Waals surface area contributed by atoms with Crippen molar-refractivity contribution in [2.45, 2.75) is 38.4 Å². The molecule has 1 fully saturated rings. The normalized spacial score (nSPS) is 22.4. The van der Waals surface area contributed by atoms with Gasteiger partial charge in [0.25, 0.3) is 0 Å². The SMILES string of the molecule is C[C@@H]1Cc2cc(N3CC[C@H](NS(=O)(=O)C=Cc4ccc(Cl)s4)C3=O)ccc2CN1. The zero-order valence-electron chi connectivity index (χ0n) is 15.9. The number of halogens is 1. The van der Waals surface area contributed by atoms with Crippen molar-refractivity contribution in [3.8, 4) is 0 Å². The van der Waals surface area contributed by atoms with Gasteiger partial charge in [0.05, 0.1) is 4.34 Å². The zero-order valence-corrected chi connectivity index (χ0v) is 18.3. The molecule has 4 rings (SSSR count). The van der Waals surface area contributed by atoms with Gasteiger partial charge in [0.15, 0.2) is 0 Å². The minimum absolute atomic E-state index is 0.219. The van der Waals surface area contributed by atoms with Crippen molar-refractivity contribution < 1.29 is 13.2 Å². The minimum atomic E-state index is -3.74. The molecule has 2 N–H and O–H groups in total. The number of benzene rings is 1. The summed E-state index contributed by atoms with van der Waals surface area (Å²) in [4.78, 5) is 15.2. The van der Waals surface area contributed by atoms with Gasteiger partial charge in [-0.05, 0) is 61.2 Å². The van der Waals surface area contributed by atoms with Crippen LogP contribution < -0.4 is 14.9 Å². The number of carbonyl (C=O) groups excluding carboxylic acids is 1. The van der Waals surface area contributed by atoms with Crippen molar-refractivity contribution in [2.75, 3.05) is 11.4 Å². The molecule has 2 aromatic rings. The Bertz CT molecular complexity index is 1060. The van der Waals surface area contributed by atoms with Gasteiger partial charge >= 0.3 is 0 Å². The molecule has 0 spiro atoms. The molecule has 3 heterocycles. The highest BCUT2D eigenvalue weighted by Crippen LogP contribution is 2.27. The summed E-state index contributed by atoms with van der Waals surface area (Å²) in [6.45, 7) is 3.46. The summed E-state index contributed by atoms with van der Waals surface area (Å²) < 4.78 is 27.9. The zero-order chi connectivity index (χ0) is 20.6. The lowest BCUT2D eigenvalue weighted by Gasteiger charge is -2.25. The van der Waals surface area contributed by atoms with Crippen LogP contribution in [0.4, 0.5) is 5.69 Å². The topological polar surface area (TPSA) is 78.5 Å². The number of hydrogen-bond acceptors (Lipinski definition) is 5. The number of rotatable bonds is 5. The average molecular weight is 452 g/mol.